The number of thiophene rings is 1. The van der Waals surface area contributed by atoms with Crippen LogP contribution in [0, 0.1) is 6.92 Å². The highest BCUT2D eigenvalue weighted by Gasteiger charge is 2.13. The van der Waals surface area contributed by atoms with Crippen LogP contribution in [0.15, 0.2) is 40.2 Å². The molecule has 1 N–H and O–H groups in total. The monoisotopic (exact) mass is 323 g/mol. The van der Waals surface area contributed by atoms with Crippen molar-refractivity contribution in [2.45, 2.75) is 26.3 Å². The summed E-state index contributed by atoms with van der Waals surface area (Å²) in [4.78, 5) is 1.41. The highest BCUT2D eigenvalue weighted by Crippen LogP contribution is 2.28. The third kappa shape index (κ3) is 3.44. The quantitative estimate of drug-likeness (QED) is 0.840. The van der Waals surface area contributed by atoms with Crippen molar-refractivity contribution in [3.8, 4) is 0 Å². The summed E-state index contributed by atoms with van der Waals surface area (Å²) < 4.78 is 1.23. The van der Waals surface area contributed by atoms with Gasteiger partial charge in [-0.3, -0.25) is 0 Å². The molecule has 0 aliphatic carbocycles. The zero-order valence-corrected chi connectivity index (χ0v) is 13.1. The number of hydrogen-bond acceptors (Lipinski definition) is 2. The fraction of sp³-hybridized carbons (Fsp3) is 0.333. The Morgan fingerprint density at radius 1 is 1.33 bits per heavy atom. The Hall–Kier alpha value is -0.640. The van der Waals surface area contributed by atoms with Crippen LogP contribution in [-0.2, 0) is 6.42 Å². The summed E-state index contributed by atoms with van der Waals surface area (Å²) in [5.74, 6) is 0. The highest BCUT2D eigenvalue weighted by atomic mass is 79.9. The molecule has 1 atom stereocenters. The van der Waals surface area contributed by atoms with E-state index >= 15 is 0 Å². The van der Waals surface area contributed by atoms with E-state index < -0.39 is 0 Å². The van der Waals surface area contributed by atoms with Crippen molar-refractivity contribution in [1.82, 2.24) is 5.32 Å². The Balaban J connectivity index is 2.20. The molecule has 3 heteroatoms. The molecule has 1 aromatic heterocycles. The molecule has 2 rings (SSSR count). The molecule has 0 aliphatic rings. The van der Waals surface area contributed by atoms with Crippen LogP contribution in [0.25, 0.3) is 0 Å². The van der Waals surface area contributed by atoms with Gasteiger partial charge in [-0.1, -0.05) is 36.8 Å². The number of benzene rings is 1. The fourth-order valence-corrected chi connectivity index (χ4v) is 3.66. The van der Waals surface area contributed by atoms with Gasteiger partial charge in [-0.15, -0.1) is 11.3 Å². The van der Waals surface area contributed by atoms with E-state index in [9.17, 15) is 0 Å². The van der Waals surface area contributed by atoms with E-state index in [1.54, 1.807) is 0 Å². The van der Waals surface area contributed by atoms with Crippen LogP contribution in [0.2, 0.25) is 0 Å². The minimum Gasteiger partial charge on any atom is -0.310 e. The summed E-state index contributed by atoms with van der Waals surface area (Å²) in [5.41, 5.74) is 2.69. The first kappa shape index (κ1) is 13.8. The average molecular weight is 324 g/mol. The lowest BCUT2D eigenvalue weighted by Crippen LogP contribution is -2.22. The minimum absolute atomic E-state index is 0.393. The molecule has 1 heterocycles. The molecule has 0 bridgehead atoms. The Kier molecular flexibility index (Phi) is 4.98. The second-order valence-corrected chi connectivity index (χ2v) is 6.28. The van der Waals surface area contributed by atoms with E-state index in [1.807, 2.05) is 11.3 Å². The third-order valence-electron chi connectivity index (χ3n) is 2.98. The molecule has 1 nitrogen and oxygen atoms in total. The standard InChI is InChI=1S/C15H18BrNS/c1-3-17-14(10-15-13(16)7-8-18-15)12-6-4-5-11(2)9-12/h4-9,14,17H,3,10H2,1-2H3. The molecule has 18 heavy (non-hydrogen) atoms. The number of likely N-dealkylation sites (N-methyl/N-ethyl adjacent to an activating group) is 1. The van der Waals surface area contributed by atoms with Gasteiger partial charge in [0.2, 0.25) is 0 Å². The second-order valence-electron chi connectivity index (χ2n) is 4.42. The van der Waals surface area contributed by atoms with Crippen molar-refractivity contribution < 1.29 is 0 Å². The number of aryl methyl sites for hydroxylation is 1. The molecule has 0 aliphatic heterocycles. The normalized spacial score (nSPS) is 12.6. The maximum absolute atomic E-state index is 3.62. The van der Waals surface area contributed by atoms with Crippen molar-refractivity contribution in [2.24, 2.45) is 0 Å². The topological polar surface area (TPSA) is 12.0 Å². The zero-order chi connectivity index (χ0) is 13.0. The van der Waals surface area contributed by atoms with Gasteiger partial charge in [0.1, 0.15) is 0 Å². The van der Waals surface area contributed by atoms with Gasteiger partial charge in [-0.25, -0.2) is 0 Å². The summed E-state index contributed by atoms with van der Waals surface area (Å²) in [6.45, 7) is 5.29. The van der Waals surface area contributed by atoms with Gasteiger partial charge in [0.25, 0.3) is 0 Å². The Morgan fingerprint density at radius 2 is 2.17 bits per heavy atom. The predicted octanol–water partition coefficient (Wildman–Crippen LogP) is 4.71. The fourth-order valence-electron chi connectivity index (χ4n) is 2.10. The van der Waals surface area contributed by atoms with Crippen molar-refractivity contribution in [3.05, 3.63) is 56.2 Å². The average Bonchev–Trinajstić information content (AvgIpc) is 2.74. The van der Waals surface area contributed by atoms with Gasteiger partial charge in [0, 0.05) is 21.8 Å². The summed E-state index contributed by atoms with van der Waals surface area (Å²) >= 11 is 5.43. The molecular formula is C15H18BrNS. The largest absolute Gasteiger partial charge is 0.310 e. The van der Waals surface area contributed by atoms with E-state index in [-0.39, 0.29) is 0 Å². The summed E-state index contributed by atoms with van der Waals surface area (Å²) in [5, 5.41) is 5.72. The van der Waals surface area contributed by atoms with Crippen LogP contribution >= 0.6 is 27.3 Å². The summed E-state index contributed by atoms with van der Waals surface area (Å²) in [6.07, 6.45) is 1.04. The van der Waals surface area contributed by atoms with Crippen LogP contribution < -0.4 is 5.32 Å². The molecule has 0 fully saturated rings. The minimum atomic E-state index is 0.393. The van der Waals surface area contributed by atoms with E-state index in [1.165, 1.54) is 20.5 Å². The smallest absolute Gasteiger partial charge is 0.0369 e. The first-order valence-electron chi connectivity index (χ1n) is 6.22. The molecule has 96 valence electrons. The molecule has 1 aromatic carbocycles. The highest BCUT2D eigenvalue weighted by molar-refractivity contribution is 9.10. The predicted molar refractivity (Wildman–Crippen MR) is 83.3 cm³/mol. The summed E-state index contributed by atoms with van der Waals surface area (Å²) in [6, 6.07) is 11.3. The second kappa shape index (κ2) is 6.50. The molecule has 2 aromatic rings. The molecule has 0 saturated heterocycles. The number of halogens is 1. The lowest BCUT2D eigenvalue weighted by molar-refractivity contribution is 0.552. The molecule has 0 spiro atoms. The van der Waals surface area contributed by atoms with Gasteiger partial charge in [-0.2, -0.15) is 0 Å². The SMILES string of the molecule is CCNC(Cc1sccc1Br)c1cccc(C)c1. The lowest BCUT2D eigenvalue weighted by Gasteiger charge is -2.18. The number of nitrogens with one attached hydrogen (secondary N) is 1. The van der Waals surface area contributed by atoms with Crippen LogP contribution in [0.3, 0.4) is 0 Å². The van der Waals surface area contributed by atoms with Crippen molar-refractivity contribution in [3.63, 3.8) is 0 Å². The van der Waals surface area contributed by atoms with Gasteiger partial charge in [0.15, 0.2) is 0 Å². The molecular weight excluding hydrogens is 306 g/mol. The van der Waals surface area contributed by atoms with Gasteiger partial charge < -0.3 is 5.32 Å². The van der Waals surface area contributed by atoms with Crippen molar-refractivity contribution >= 4 is 27.3 Å². The van der Waals surface area contributed by atoms with E-state index in [4.69, 9.17) is 0 Å². The van der Waals surface area contributed by atoms with E-state index in [0.29, 0.717) is 6.04 Å². The maximum atomic E-state index is 3.62. The zero-order valence-electron chi connectivity index (χ0n) is 10.7. The molecule has 0 radical (unpaired) electrons. The third-order valence-corrected chi connectivity index (χ3v) is 4.92. The lowest BCUT2D eigenvalue weighted by atomic mass is 10.0. The Bertz CT molecular complexity index is 507. The Morgan fingerprint density at radius 3 is 2.78 bits per heavy atom. The van der Waals surface area contributed by atoms with Crippen LogP contribution in [-0.4, -0.2) is 6.54 Å². The van der Waals surface area contributed by atoms with Crippen molar-refractivity contribution in [1.29, 1.82) is 0 Å². The van der Waals surface area contributed by atoms with Crippen LogP contribution in [0.1, 0.15) is 29.0 Å². The van der Waals surface area contributed by atoms with Crippen LogP contribution in [0.5, 0.6) is 0 Å². The van der Waals surface area contributed by atoms with E-state index in [2.05, 4.69) is 70.8 Å². The van der Waals surface area contributed by atoms with E-state index in [0.717, 1.165) is 13.0 Å². The number of rotatable bonds is 5. The Labute approximate surface area is 121 Å². The number of hydrogen-bond donors (Lipinski definition) is 1. The molecule has 1 unspecified atom stereocenters. The molecule has 0 saturated carbocycles. The summed E-state index contributed by atoms with van der Waals surface area (Å²) in [7, 11) is 0. The van der Waals surface area contributed by atoms with Crippen LogP contribution in [0.4, 0.5) is 0 Å². The van der Waals surface area contributed by atoms with Crippen molar-refractivity contribution in [2.75, 3.05) is 6.54 Å². The van der Waals surface area contributed by atoms with Gasteiger partial charge in [0.05, 0.1) is 0 Å². The van der Waals surface area contributed by atoms with Gasteiger partial charge in [-0.05, 0) is 46.4 Å². The maximum Gasteiger partial charge on any atom is 0.0369 e. The molecule has 0 amide bonds. The first-order valence-corrected chi connectivity index (χ1v) is 7.89. The van der Waals surface area contributed by atoms with Gasteiger partial charge >= 0.3 is 0 Å². The first-order chi connectivity index (χ1) is 8.70.